The van der Waals surface area contributed by atoms with Gasteiger partial charge in [-0.05, 0) is 37.1 Å². The number of benzene rings is 1. The fourth-order valence-corrected chi connectivity index (χ4v) is 3.08. The van der Waals surface area contributed by atoms with Crippen molar-refractivity contribution in [1.82, 2.24) is 14.5 Å². The summed E-state index contributed by atoms with van der Waals surface area (Å²) < 4.78 is 7.59. The number of hydrogen-bond donors (Lipinski definition) is 0. The number of carbonyl (C=O) groups excluding carboxylic acids is 1. The fraction of sp³-hybridized carbons (Fsp3) is 0.412. The third kappa shape index (κ3) is 3.85. The first-order valence-corrected chi connectivity index (χ1v) is 8.13. The second-order valence-electron chi connectivity index (χ2n) is 5.83. The van der Waals surface area contributed by atoms with E-state index in [1.54, 1.807) is 24.3 Å². The van der Waals surface area contributed by atoms with Gasteiger partial charge in [-0.3, -0.25) is 4.79 Å². The topological polar surface area (TPSA) is 47.4 Å². The number of aryl methyl sites for hydroxylation is 1. The minimum absolute atomic E-state index is 0.0309. The lowest BCUT2D eigenvalue weighted by Crippen LogP contribution is -2.40. The molecule has 0 saturated carbocycles. The zero-order chi connectivity index (χ0) is 16.2. The molecule has 5 nitrogen and oxygen atoms in total. The molecule has 0 spiro atoms. The SMILES string of the molecule is Cn1cncc1C1CCN(C(=O)COc2ccc(Cl)cc2)CC1. The lowest BCUT2D eigenvalue weighted by atomic mass is 9.94. The van der Waals surface area contributed by atoms with Gasteiger partial charge in [0.25, 0.3) is 5.91 Å². The van der Waals surface area contributed by atoms with E-state index in [1.807, 2.05) is 24.5 Å². The maximum atomic E-state index is 12.3. The molecule has 3 rings (SSSR count). The van der Waals surface area contributed by atoms with Crippen molar-refractivity contribution in [3.8, 4) is 5.75 Å². The smallest absolute Gasteiger partial charge is 0.260 e. The van der Waals surface area contributed by atoms with Crippen LogP contribution in [0.2, 0.25) is 5.02 Å². The van der Waals surface area contributed by atoms with E-state index in [0.29, 0.717) is 16.7 Å². The number of imidazole rings is 1. The lowest BCUT2D eigenvalue weighted by Gasteiger charge is -2.32. The first kappa shape index (κ1) is 15.9. The van der Waals surface area contributed by atoms with E-state index in [4.69, 9.17) is 16.3 Å². The van der Waals surface area contributed by atoms with E-state index in [9.17, 15) is 4.79 Å². The highest BCUT2D eigenvalue weighted by molar-refractivity contribution is 6.30. The quantitative estimate of drug-likeness (QED) is 0.864. The first-order valence-electron chi connectivity index (χ1n) is 7.76. The number of hydrogen-bond acceptors (Lipinski definition) is 3. The van der Waals surface area contributed by atoms with Crippen LogP contribution >= 0.6 is 11.6 Å². The molecule has 1 aliphatic heterocycles. The van der Waals surface area contributed by atoms with E-state index in [0.717, 1.165) is 25.9 Å². The summed E-state index contributed by atoms with van der Waals surface area (Å²) in [4.78, 5) is 18.3. The molecule has 6 heteroatoms. The Morgan fingerprint density at radius 3 is 2.61 bits per heavy atom. The summed E-state index contributed by atoms with van der Waals surface area (Å²) in [6.45, 7) is 1.59. The molecule has 1 aromatic carbocycles. The average Bonchev–Trinajstić information content (AvgIpc) is 3.00. The summed E-state index contributed by atoms with van der Waals surface area (Å²) >= 11 is 5.83. The Morgan fingerprint density at radius 1 is 1.30 bits per heavy atom. The third-order valence-corrected chi connectivity index (χ3v) is 4.55. The molecule has 0 aliphatic carbocycles. The van der Waals surface area contributed by atoms with Gasteiger partial charge in [-0.25, -0.2) is 4.98 Å². The van der Waals surface area contributed by atoms with Crippen LogP contribution in [0.5, 0.6) is 5.75 Å². The van der Waals surface area contributed by atoms with Crippen LogP contribution in [0.4, 0.5) is 0 Å². The zero-order valence-electron chi connectivity index (χ0n) is 13.1. The molecule has 122 valence electrons. The van der Waals surface area contributed by atoms with Crippen LogP contribution in [-0.4, -0.2) is 40.1 Å². The Morgan fingerprint density at radius 2 is 2.00 bits per heavy atom. The summed E-state index contributed by atoms with van der Waals surface area (Å²) in [5, 5.41) is 0.654. The minimum atomic E-state index is 0.0309. The van der Waals surface area contributed by atoms with E-state index < -0.39 is 0 Å². The van der Waals surface area contributed by atoms with Gasteiger partial charge in [0.2, 0.25) is 0 Å². The average molecular weight is 334 g/mol. The molecule has 2 heterocycles. The highest BCUT2D eigenvalue weighted by atomic mass is 35.5. The highest BCUT2D eigenvalue weighted by Crippen LogP contribution is 2.27. The molecule has 1 fully saturated rings. The van der Waals surface area contributed by atoms with Crippen molar-refractivity contribution >= 4 is 17.5 Å². The Hall–Kier alpha value is -2.01. The number of aromatic nitrogens is 2. The van der Waals surface area contributed by atoms with Gasteiger partial charge in [0.05, 0.1) is 6.33 Å². The number of carbonyl (C=O) groups is 1. The number of ether oxygens (including phenoxy) is 1. The van der Waals surface area contributed by atoms with Crippen molar-refractivity contribution in [2.75, 3.05) is 19.7 Å². The monoisotopic (exact) mass is 333 g/mol. The molecule has 0 radical (unpaired) electrons. The van der Waals surface area contributed by atoms with Gasteiger partial charge >= 0.3 is 0 Å². The molecule has 0 N–H and O–H groups in total. The van der Waals surface area contributed by atoms with Crippen molar-refractivity contribution in [2.45, 2.75) is 18.8 Å². The van der Waals surface area contributed by atoms with Crippen molar-refractivity contribution in [2.24, 2.45) is 7.05 Å². The van der Waals surface area contributed by atoms with E-state index in [-0.39, 0.29) is 12.5 Å². The fourth-order valence-electron chi connectivity index (χ4n) is 2.95. The molecule has 23 heavy (non-hydrogen) atoms. The molecule has 0 unspecified atom stereocenters. The van der Waals surface area contributed by atoms with Gasteiger partial charge in [-0.2, -0.15) is 0 Å². The van der Waals surface area contributed by atoms with Gasteiger partial charge in [0, 0.05) is 43.0 Å². The van der Waals surface area contributed by atoms with Gasteiger partial charge in [-0.1, -0.05) is 11.6 Å². The van der Waals surface area contributed by atoms with Crippen LogP contribution in [0.1, 0.15) is 24.5 Å². The van der Waals surface area contributed by atoms with Crippen molar-refractivity contribution in [3.63, 3.8) is 0 Å². The molecule has 1 aromatic heterocycles. The van der Waals surface area contributed by atoms with Crippen molar-refractivity contribution < 1.29 is 9.53 Å². The Balaban J connectivity index is 1.48. The predicted octanol–water partition coefficient (Wildman–Crippen LogP) is 2.86. The van der Waals surface area contributed by atoms with Crippen molar-refractivity contribution in [1.29, 1.82) is 0 Å². The zero-order valence-corrected chi connectivity index (χ0v) is 13.9. The molecule has 2 aromatic rings. The van der Waals surface area contributed by atoms with Crippen LogP contribution < -0.4 is 4.74 Å². The number of piperidine rings is 1. The first-order chi connectivity index (χ1) is 11.1. The van der Waals surface area contributed by atoms with E-state index in [2.05, 4.69) is 9.55 Å². The lowest BCUT2D eigenvalue weighted by molar-refractivity contribution is -0.134. The molecule has 0 bridgehead atoms. The Bertz CT molecular complexity index is 661. The largest absolute Gasteiger partial charge is 0.484 e. The number of amides is 1. The minimum Gasteiger partial charge on any atom is -0.484 e. The van der Waals surface area contributed by atoms with E-state index in [1.165, 1.54) is 5.69 Å². The number of halogens is 1. The van der Waals surface area contributed by atoms with Crippen LogP contribution in [0.3, 0.4) is 0 Å². The van der Waals surface area contributed by atoms with Crippen LogP contribution in [0.15, 0.2) is 36.8 Å². The van der Waals surface area contributed by atoms with Crippen LogP contribution in [0.25, 0.3) is 0 Å². The molecular weight excluding hydrogens is 314 g/mol. The van der Waals surface area contributed by atoms with Gasteiger partial charge in [0.15, 0.2) is 6.61 Å². The van der Waals surface area contributed by atoms with Gasteiger partial charge in [-0.15, -0.1) is 0 Å². The molecule has 1 amide bonds. The summed E-state index contributed by atoms with van der Waals surface area (Å²) in [7, 11) is 2.01. The molecule has 0 atom stereocenters. The summed E-state index contributed by atoms with van der Waals surface area (Å²) in [6, 6.07) is 7.04. The normalized spacial score (nSPS) is 15.7. The molecule has 1 aliphatic rings. The summed E-state index contributed by atoms with van der Waals surface area (Å²) in [5.74, 6) is 1.17. The second-order valence-corrected chi connectivity index (χ2v) is 6.26. The summed E-state index contributed by atoms with van der Waals surface area (Å²) in [5.41, 5.74) is 1.24. The summed E-state index contributed by atoms with van der Waals surface area (Å²) in [6.07, 6.45) is 5.68. The van der Waals surface area contributed by atoms with Gasteiger partial charge < -0.3 is 14.2 Å². The number of likely N-dealkylation sites (tertiary alicyclic amines) is 1. The Kier molecular flexibility index (Phi) is 4.86. The van der Waals surface area contributed by atoms with Crippen LogP contribution in [-0.2, 0) is 11.8 Å². The molecular formula is C17H20ClN3O2. The highest BCUT2D eigenvalue weighted by Gasteiger charge is 2.25. The third-order valence-electron chi connectivity index (χ3n) is 4.30. The second kappa shape index (κ2) is 7.04. The number of rotatable bonds is 4. The standard InChI is InChI=1S/C17H20ClN3O2/c1-20-12-19-10-16(20)13-6-8-21(9-7-13)17(22)11-23-15-4-2-14(18)3-5-15/h2-5,10,12-13H,6-9,11H2,1H3. The predicted molar refractivity (Wildman–Crippen MR) is 88.7 cm³/mol. The number of nitrogens with zero attached hydrogens (tertiary/aromatic N) is 3. The van der Waals surface area contributed by atoms with E-state index >= 15 is 0 Å². The maximum absolute atomic E-state index is 12.3. The molecule has 1 saturated heterocycles. The van der Waals surface area contributed by atoms with Crippen LogP contribution in [0, 0.1) is 0 Å². The maximum Gasteiger partial charge on any atom is 0.260 e. The van der Waals surface area contributed by atoms with Gasteiger partial charge in [0.1, 0.15) is 5.75 Å². The Labute approximate surface area is 140 Å². The van der Waals surface area contributed by atoms with Crippen molar-refractivity contribution in [3.05, 3.63) is 47.5 Å².